The third-order valence-corrected chi connectivity index (χ3v) is 2.60. The summed E-state index contributed by atoms with van der Waals surface area (Å²) in [6.45, 7) is 0. The second-order valence-electron chi connectivity index (χ2n) is 3.69. The predicted octanol–water partition coefficient (Wildman–Crippen LogP) is 1.54. The van der Waals surface area contributed by atoms with Crippen LogP contribution in [0.4, 0.5) is 0 Å². The molecule has 0 bridgehead atoms. The Balaban J connectivity index is 2.02. The number of hydrogen-bond acceptors (Lipinski definition) is 3. The summed E-state index contributed by atoms with van der Waals surface area (Å²) in [6.07, 6.45) is 9.39. The zero-order valence-corrected chi connectivity index (χ0v) is 7.90. The van der Waals surface area contributed by atoms with Crippen molar-refractivity contribution in [2.45, 2.75) is 25.3 Å². The second-order valence-corrected chi connectivity index (χ2v) is 3.69. The molecule has 0 aromatic carbocycles. The normalized spacial score (nSPS) is 18.5. The minimum atomic E-state index is 0.439. The quantitative estimate of drug-likeness (QED) is 0.758. The van der Waals surface area contributed by atoms with E-state index in [-0.39, 0.29) is 0 Å². The lowest BCUT2D eigenvalue weighted by Crippen LogP contribution is -2.17. The van der Waals surface area contributed by atoms with E-state index in [1.54, 1.807) is 6.33 Å². The molecule has 1 heterocycles. The Morgan fingerprint density at radius 3 is 2.69 bits per heavy atom. The summed E-state index contributed by atoms with van der Waals surface area (Å²) < 4.78 is 0. The summed E-state index contributed by atoms with van der Waals surface area (Å²) in [5.41, 5.74) is 1.21. The summed E-state index contributed by atoms with van der Waals surface area (Å²) in [7, 11) is 2.00. The Kier molecular flexibility index (Phi) is 2.54. The smallest absolute Gasteiger partial charge is 0.115 e. The summed E-state index contributed by atoms with van der Waals surface area (Å²) >= 11 is 0. The first-order valence-electron chi connectivity index (χ1n) is 4.82. The Labute approximate surface area is 78.6 Å². The fourth-order valence-electron chi connectivity index (χ4n) is 1.60. The van der Waals surface area contributed by atoms with Gasteiger partial charge in [0.1, 0.15) is 6.33 Å². The van der Waals surface area contributed by atoms with Crippen molar-refractivity contribution in [3.8, 4) is 0 Å². The highest BCUT2D eigenvalue weighted by Crippen LogP contribution is 2.37. The summed E-state index contributed by atoms with van der Waals surface area (Å²) in [6, 6.07) is 0.439. The monoisotopic (exact) mass is 177 g/mol. The molecule has 0 spiro atoms. The number of nitrogens with zero attached hydrogens (tertiary/aromatic N) is 2. The summed E-state index contributed by atoms with van der Waals surface area (Å²) in [5, 5.41) is 3.31. The Hall–Kier alpha value is -0.960. The van der Waals surface area contributed by atoms with Crippen LogP contribution in [0, 0.1) is 5.92 Å². The molecule has 3 nitrogen and oxygen atoms in total. The molecule has 2 rings (SSSR count). The fraction of sp³-hybridized carbons (Fsp3) is 0.600. The van der Waals surface area contributed by atoms with Crippen LogP contribution in [0.25, 0.3) is 0 Å². The van der Waals surface area contributed by atoms with Gasteiger partial charge in [0.05, 0.1) is 0 Å². The highest BCUT2D eigenvalue weighted by Gasteiger charge is 2.25. The van der Waals surface area contributed by atoms with Gasteiger partial charge in [-0.2, -0.15) is 0 Å². The van der Waals surface area contributed by atoms with Crippen LogP contribution in [-0.2, 0) is 0 Å². The fourth-order valence-corrected chi connectivity index (χ4v) is 1.60. The van der Waals surface area contributed by atoms with Gasteiger partial charge in [0.2, 0.25) is 0 Å². The minimum Gasteiger partial charge on any atom is -0.313 e. The Morgan fingerprint density at radius 1 is 1.46 bits per heavy atom. The van der Waals surface area contributed by atoms with Crippen molar-refractivity contribution in [3.05, 3.63) is 24.3 Å². The van der Waals surface area contributed by atoms with Crippen molar-refractivity contribution in [1.82, 2.24) is 15.3 Å². The van der Waals surface area contributed by atoms with E-state index < -0.39 is 0 Å². The highest BCUT2D eigenvalue weighted by molar-refractivity contribution is 5.09. The van der Waals surface area contributed by atoms with Gasteiger partial charge in [-0.25, -0.2) is 9.97 Å². The molecule has 1 unspecified atom stereocenters. The molecule has 1 N–H and O–H groups in total. The first kappa shape index (κ1) is 8.63. The molecule has 3 heteroatoms. The summed E-state index contributed by atoms with van der Waals surface area (Å²) in [5.74, 6) is 0.928. The van der Waals surface area contributed by atoms with E-state index in [0.717, 1.165) is 5.92 Å². The third kappa shape index (κ3) is 2.25. The van der Waals surface area contributed by atoms with Crippen molar-refractivity contribution in [3.63, 3.8) is 0 Å². The maximum atomic E-state index is 4.03. The molecule has 1 aromatic rings. The summed E-state index contributed by atoms with van der Waals surface area (Å²) in [4.78, 5) is 8.06. The van der Waals surface area contributed by atoms with Crippen molar-refractivity contribution in [2.75, 3.05) is 7.05 Å². The zero-order valence-electron chi connectivity index (χ0n) is 7.90. The van der Waals surface area contributed by atoms with Gasteiger partial charge in [-0.3, -0.25) is 0 Å². The largest absolute Gasteiger partial charge is 0.313 e. The van der Waals surface area contributed by atoms with Gasteiger partial charge in [0, 0.05) is 24.0 Å². The molecule has 70 valence electrons. The van der Waals surface area contributed by atoms with Gasteiger partial charge >= 0.3 is 0 Å². The van der Waals surface area contributed by atoms with E-state index in [4.69, 9.17) is 0 Å². The number of aromatic nitrogens is 2. The lowest BCUT2D eigenvalue weighted by molar-refractivity contribution is 0.511. The van der Waals surface area contributed by atoms with E-state index in [9.17, 15) is 0 Å². The van der Waals surface area contributed by atoms with E-state index in [1.807, 2.05) is 19.4 Å². The van der Waals surface area contributed by atoms with Crippen LogP contribution >= 0.6 is 0 Å². The van der Waals surface area contributed by atoms with E-state index in [2.05, 4.69) is 15.3 Å². The van der Waals surface area contributed by atoms with Crippen molar-refractivity contribution < 1.29 is 0 Å². The molecule has 0 saturated heterocycles. The topological polar surface area (TPSA) is 37.8 Å². The molecule has 0 amide bonds. The van der Waals surface area contributed by atoms with Crippen LogP contribution in [0.2, 0.25) is 0 Å². The highest BCUT2D eigenvalue weighted by atomic mass is 14.9. The predicted molar refractivity (Wildman–Crippen MR) is 51.2 cm³/mol. The van der Waals surface area contributed by atoms with Crippen molar-refractivity contribution in [2.24, 2.45) is 5.92 Å². The Bertz CT molecular complexity index is 256. The van der Waals surface area contributed by atoms with Crippen LogP contribution in [0.15, 0.2) is 18.7 Å². The number of rotatable bonds is 4. The van der Waals surface area contributed by atoms with Crippen LogP contribution < -0.4 is 5.32 Å². The third-order valence-electron chi connectivity index (χ3n) is 2.60. The first-order chi connectivity index (χ1) is 6.40. The average molecular weight is 177 g/mol. The second kappa shape index (κ2) is 3.83. The number of nitrogens with one attached hydrogen (secondary N) is 1. The van der Waals surface area contributed by atoms with E-state index in [0.29, 0.717) is 6.04 Å². The lowest BCUT2D eigenvalue weighted by atomic mass is 10.0. The molecule has 0 radical (unpaired) electrons. The molecule has 1 saturated carbocycles. The van der Waals surface area contributed by atoms with Crippen molar-refractivity contribution in [1.29, 1.82) is 0 Å². The van der Waals surface area contributed by atoms with Crippen molar-refractivity contribution >= 4 is 0 Å². The van der Waals surface area contributed by atoms with E-state index >= 15 is 0 Å². The average Bonchev–Trinajstić information content (AvgIpc) is 2.99. The minimum absolute atomic E-state index is 0.439. The molecule has 1 aromatic heterocycles. The van der Waals surface area contributed by atoms with Gasteiger partial charge in [-0.1, -0.05) is 12.8 Å². The van der Waals surface area contributed by atoms with Crippen LogP contribution in [-0.4, -0.2) is 17.0 Å². The maximum Gasteiger partial charge on any atom is 0.115 e. The van der Waals surface area contributed by atoms with Crippen LogP contribution in [0.3, 0.4) is 0 Å². The number of hydrogen-bond donors (Lipinski definition) is 1. The molecular formula is C10H15N3. The molecule has 1 aliphatic rings. The first-order valence-corrected chi connectivity index (χ1v) is 4.82. The SMILES string of the molecule is CNC(CC1CC1)c1cncnc1. The van der Waals surface area contributed by atoms with Gasteiger partial charge in [0.25, 0.3) is 0 Å². The van der Waals surface area contributed by atoms with E-state index in [1.165, 1.54) is 24.8 Å². The molecule has 1 aliphatic carbocycles. The van der Waals surface area contributed by atoms with Gasteiger partial charge in [-0.15, -0.1) is 0 Å². The van der Waals surface area contributed by atoms with Gasteiger partial charge in [-0.05, 0) is 19.4 Å². The maximum absolute atomic E-state index is 4.03. The zero-order chi connectivity index (χ0) is 9.10. The molecule has 13 heavy (non-hydrogen) atoms. The lowest BCUT2D eigenvalue weighted by Gasteiger charge is -2.14. The van der Waals surface area contributed by atoms with Gasteiger partial charge in [0.15, 0.2) is 0 Å². The molecule has 0 aliphatic heterocycles. The molecule has 1 fully saturated rings. The molecular weight excluding hydrogens is 162 g/mol. The standard InChI is InChI=1S/C10H15N3/c1-11-10(4-8-2-3-8)9-5-12-7-13-6-9/h5-8,10-11H,2-4H2,1H3. The van der Waals surface area contributed by atoms with Gasteiger partial charge < -0.3 is 5.32 Å². The van der Waals surface area contributed by atoms with Crippen LogP contribution in [0.5, 0.6) is 0 Å². The molecule has 1 atom stereocenters. The van der Waals surface area contributed by atoms with Crippen LogP contribution in [0.1, 0.15) is 30.9 Å². The Morgan fingerprint density at radius 2 is 2.15 bits per heavy atom.